The summed E-state index contributed by atoms with van der Waals surface area (Å²) in [6, 6.07) is 9.96. The lowest BCUT2D eigenvalue weighted by molar-refractivity contribution is -0.110. The van der Waals surface area contributed by atoms with E-state index < -0.39 is 0 Å². The van der Waals surface area contributed by atoms with E-state index in [4.69, 9.17) is 5.73 Å². The molecule has 0 saturated carbocycles. The highest BCUT2D eigenvalue weighted by Crippen LogP contribution is 2.32. The molecule has 1 aliphatic rings. The number of phenols is 2. The van der Waals surface area contributed by atoms with Gasteiger partial charge in [0.1, 0.15) is 11.5 Å². The average Bonchev–Trinajstić information content (AvgIpc) is 2.56. The number of ketones is 1. The van der Waals surface area contributed by atoms with Gasteiger partial charge in [-0.25, -0.2) is 4.99 Å². The summed E-state index contributed by atoms with van der Waals surface area (Å²) in [5, 5.41) is 19.5. The topological polar surface area (TPSA) is 95.9 Å². The van der Waals surface area contributed by atoms with Crippen molar-refractivity contribution < 1.29 is 15.0 Å². The van der Waals surface area contributed by atoms with Crippen LogP contribution in [0.15, 0.2) is 65.7 Å². The van der Waals surface area contributed by atoms with Crippen LogP contribution in [-0.2, 0) is 11.2 Å². The Morgan fingerprint density at radius 2 is 1.62 bits per heavy atom. The SMILES string of the molecule is Nc1cc(O)c(Cc2ccc(O)cc2)cc1N=C1C=CC(=O)C=C1. The lowest BCUT2D eigenvalue weighted by atomic mass is 10.0. The number of nitrogen functional groups attached to an aromatic ring is 1. The van der Waals surface area contributed by atoms with Gasteiger partial charge in [0.25, 0.3) is 0 Å². The maximum Gasteiger partial charge on any atom is 0.178 e. The van der Waals surface area contributed by atoms with Crippen molar-refractivity contribution in [3.63, 3.8) is 0 Å². The van der Waals surface area contributed by atoms with Crippen LogP contribution < -0.4 is 5.73 Å². The van der Waals surface area contributed by atoms with Crippen molar-refractivity contribution in [1.29, 1.82) is 0 Å². The molecular weight excluding hydrogens is 304 g/mol. The third-order valence-corrected chi connectivity index (χ3v) is 3.65. The van der Waals surface area contributed by atoms with Crippen molar-refractivity contribution in [3.05, 3.63) is 71.8 Å². The monoisotopic (exact) mass is 320 g/mol. The van der Waals surface area contributed by atoms with Crippen molar-refractivity contribution in [2.24, 2.45) is 4.99 Å². The van der Waals surface area contributed by atoms with Crippen LogP contribution in [0.3, 0.4) is 0 Å². The summed E-state index contributed by atoms with van der Waals surface area (Å²) < 4.78 is 0. The van der Waals surface area contributed by atoms with E-state index in [-0.39, 0.29) is 17.3 Å². The van der Waals surface area contributed by atoms with Gasteiger partial charge in [-0.3, -0.25) is 4.79 Å². The van der Waals surface area contributed by atoms with E-state index in [1.807, 2.05) is 0 Å². The molecule has 3 rings (SSSR count). The van der Waals surface area contributed by atoms with Gasteiger partial charge in [0.05, 0.1) is 17.1 Å². The summed E-state index contributed by atoms with van der Waals surface area (Å²) in [6.45, 7) is 0. The van der Waals surface area contributed by atoms with Crippen molar-refractivity contribution in [1.82, 2.24) is 0 Å². The molecule has 0 atom stereocenters. The van der Waals surface area contributed by atoms with Crippen molar-refractivity contribution in [3.8, 4) is 11.5 Å². The quantitative estimate of drug-likeness (QED) is 0.598. The van der Waals surface area contributed by atoms with Gasteiger partial charge < -0.3 is 15.9 Å². The number of phenolic OH excluding ortho intramolecular Hbond substituents is 2. The Kier molecular flexibility index (Phi) is 4.16. The van der Waals surface area contributed by atoms with Crippen LogP contribution in [-0.4, -0.2) is 21.7 Å². The summed E-state index contributed by atoms with van der Waals surface area (Å²) in [6.07, 6.45) is 6.59. The fourth-order valence-corrected chi connectivity index (χ4v) is 2.37. The second-order valence-electron chi connectivity index (χ2n) is 5.49. The average molecular weight is 320 g/mol. The number of hydrogen-bond acceptors (Lipinski definition) is 5. The number of carbonyl (C=O) groups excluding carboxylic acids is 1. The number of nitrogens with zero attached hydrogens (tertiary/aromatic N) is 1. The fourth-order valence-electron chi connectivity index (χ4n) is 2.37. The molecule has 2 aromatic carbocycles. The molecule has 0 heterocycles. The standard InChI is InChI=1S/C19H16N2O3/c20-17-11-19(24)13(9-12-1-5-15(22)6-2-12)10-18(17)21-14-3-7-16(23)8-4-14/h1-8,10-11,22,24H,9,20H2. The van der Waals surface area contributed by atoms with E-state index in [1.165, 1.54) is 18.2 Å². The van der Waals surface area contributed by atoms with E-state index in [1.54, 1.807) is 42.5 Å². The number of rotatable bonds is 3. The van der Waals surface area contributed by atoms with E-state index in [9.17, 15) is 15.0 Å². The number of aromatic hydroxyl groups is 2. The maximum atomic E-state index is 11.1. The van der Waals surface area contributed by atoms with Crippen LogP contribution in [0.1, 0.15) is 11.1 Å². The van der Waals surface area contributed by atoms with Crippen LogP contribution in [0.4, 0.5) is 11.4 Å². The predicted octanol–water partition coefficient (Wildman–Crippen LogP) is 3.04. The minimum atomic E-state index is -0.0827. The minimum Gasteiger partial charge on any atom is -0.508 e. The van der Waals surface area contributed by atoms with Gasteiger partial charge in [0, 0.05) is 18.1 Å². The largest absolute Gasteiger partial charge is 0.508 e. The van der Waals surface area contributed by atoms with Crippen LogP contribution in [0.2, 0.25) is 0 Å². The first-order valence-corrected chi connectivity index (χ1v) is 7.39. The van der Waals surface area contributed by atoms with Gasteiger partial charge in [-0.15, -0.1) is 0 Å². The molecule has 5 heteroatoms. The lowest BCUT2D eigenvalue weighted by Gasteiger charge is -2.10. The first-order chi connectivity index (χ1) is 11.5. The van der Waals surface area contributed by atoms with Gasteiger partial charge in [0.15, 0.2) is 5.78 Å². The summed E-state index contributed by atoms with van der Waals surface area (Å²) in [5.74, 6) is 0.202. The van der Waals surface area contributed by atoms with Gasteiger partial charge in [-0.2, -0.15) is 0 Å². The zero-order chi connectivity index (χ0) is 17.1. The molecule has 0 radical (unpaired) electrons. The van der Waals surface area contributed by atoms with Crippen LogP contribution in [0, 0.1) is 0 Å². The normalized spacial score (nSPS) is 13.3. The Morgan fingerprint density at radius 3 is 2.29 bits per heavy atom. The van der Waals surface area contributed by atoms with Crippen LogP contribution >= 0.6 is 0 Å². The summed E-state index contributed by atoms with van der Waals surface area (Å²) in [5.41, 5.74) is 9.04. The summed E-state index contributed by atoms with van der Waals surface area (Å²) in [7, 11) is 0. The highest BCUT2D eigenvalue weighted by Gasteiger charge is 2.09. The Balaban J connectivity index is 1.92. The van der Waals surface area contributed by atoms with E-state index in [0.717, 1.165) is 5.56 Å². The van der Waals surface area contributed by atoms with Gasteiger partial charge in [-0.1, -0.05) is 12.1 Å². The minimum absolute atomic E-state index is 0.0827. The molecule has 4 N–H and O–H groups in total. The molecule has 2 aromatic rings. The third kappa shape index (κ3) is 3.52. The molecule has 0 fully saturated rings. The molecule has 0 bridgehead atoms. The maximum absolute atomic E-state index is 11.1. The van der Waals surface area contributed by atoms with Gasteiger partial charge >= 0.3 is 0 Å². The molecule has 0 unspecified atom stereocenters. The van der Waals surface area contributed by atoms with Crippen molar-refractivity contribution in [2.45, 2.75) is 6.42 Å². The van der Waals surface area contributed by atoms with E-state index >= 15 is 0 Å². The molecule has 0 aliphatic heterocycles. The molecule has 24 heavy (non-hydrogen) atoms. The predicted molar refractivity (Wildman–Crippen MR) is 93.8 cm³/mol. The second kappa shape index (κ2) is 6.42. The number of hydrogen-bond donors (Lipinski definition) is 3. The van der Waals surface area contributed by atoms with Crippen molar-refractivity contribution >= 4 is 22.9 Å². The van der Waals surface area contributed by atoms with Crippen LogP contribution in [0.5, 0.6) is 11.5 Å². The Hall–Kier alpha value is -3.34. The Labute approximate surface area is 139 Å². The number of benzene rings is 2. The fraction of sp³-hybridized carbons (Fsp3) is 0.0526. The van der Waals surface area contributed by atoms with Crippen molar-refractivity contribution in [2.75, 3.05) is 5.73 Å². The zero-order valence-corrected chi connectivity index (χ0v) is 12.8. The zero-order valence-electron chi connectivity index (χ0n) is 12.8. The number of aliphatic imine (C=N–C) groups is 1. The lowest BCUT2D eigenvalue weighted by Crippen LogP contribution is -1.99. The Morgan fingerprint density at radius 1 is 0.958 bits per heavy atom. The first-order valence-electron chi connectivity index (χ1n) is 7.39. The molecular formula is C19H16N2O3. The van der Waals surface area contributed by atoms with Crippen LogP contribution in [0.25, 0.3) is 0 Å². The van der Waals surface area contributed by atoms with E-state index in [0.29, 0.717) is 29.1 Å². The molecule has 120 valence electrons. The van der Waals surface area contributed by atoms with Gasteiger partial charge in [0.2, 0.25) is 0 Å². The number of carbonyl (C=O) groups is 1. The number of anilines is 1. The third-order valence-electron chi connectivity index (χ3n) is 3.65. The molecule has 0 saturated heterocycles. The number of nitrogens with two attached hydrogens (primary N) is 1. The second-order valence-corrected chi connectivity index (χ2v) is 5.49. The number of allylic oxidation sites excluding steroid dienone is 4. The molecule has 5 nitrogen and oxygen atoms in total. The smallest absolute Gasteiger partial charge is 0.178 e. The molecule has 1 aliphatic carbocycles. The molecule has 0 amide bonds. The Bertz CT molecular complexity index is 860. The first kappa shape index (κ1) is 15.6. The molecule has 0 spiro atoms. The summed E-state index contributed by atoms with van der Waals surface area (Å²) in [4.78, 5) is 15.6. The highest BCUT2D eigenvalue weighted by atomic mass is 16.3. The van der Waals surface area contributed by atoms with E-state index in [2.05, 4.69) is 4.99 Å². The van der Waals surface area contributed by atoms with Gasteiger partial charge in [-0.05, 0) is 48.1 Å². The molecule has 0 aromatic heterocycles. The highest BCUT2D eigenvalue weighted by molar-refractivity contribution is 6.17. The summed E-state index contributed by atoms with van der Waals surface area (Å²) >= 11 is 0.